The van der Waals surface area contributed by atoms with Crippen LogP contribution in [0.3, 0.4) is 0 Å². The van der Waals surface area contributed by atoms with E-state index < -0.39 is 0 Å². The van der Waals surface area contributed by atoms with Crippen LogP contribution in [0.2, 0.25) is 0 Å². The van der Waals surface area contributed by atoms with Gasteiger partial charge >= 0.3 is 0 Å². The van der Waals surface area contributed by atoms with Crippen molar-refractivity contribution < 1.29 is 0 Å². The summed E-state index contributed by atoms with van der Waals surface area (Å²) in [5.74, 6) is 1.63. The minimum absolute atomic E-state index is 0.619. The van der Waals surface area contributed by atoms with Gasteiger partial charge in [-0.2, -0.15) is 0 Å². The van der Waals surface area contributed by atoms with Gasteiger partial charge < -0.3 is 15.6 Å². The second kappa shape index (κ2) is 8.34. The quantitative estimate of drug-likeness (QED) is 0.700. The predicted molar refractivity (Wildman–Crippen MR) is 122 cm³/mol. The lowest BCUT2D eigenvalue weighted by Gasteiger charge is -2.34. The highest BCUT2D eigenvalue weighted by atomic mass is 15.2. The zero-order valence-corrected chi connectivity index (χ0v) is 17.6. The van der Waals surface area contributed by atoms with Crippen molar-refractivity contribution in [3.05, 3.63) is 76.2 Å². The van der Waals surface area contributed by atoms with Gasteiger partial charge in [-0.05, 0) is 86.5 Å². The molecule has 0 amide bonds. The third-order valence-electron chi connectivity index (χ3n) is 5.99. The van der Waals surface area contributed by atoms with E-state index in [2.05, 4.69) is 66.7 Å². The number of benzene rings is 1. The van der Waals surface area contributed by atoms with Crippen LogP contribution in [0.5, 0.6) is 0 Å². The number of piperidine rings is 1. The first kappa shape index (κ1) is 19.6. The SMILES string of the molecule is CC/C=C1/C=C(c2ccc(C)c(C=N)c2)N=C2C(C)=CC(C3CCNCC3)=CN21. The van der Waals surface area contributed by atoms with Gasteiger partial charge in [-0.15, -0.1) is 0 Å². The molecular formula is C25H30N4. The van der Waals surface area contributed by atoms with E-state index in [1.165, 1.54) is 35.9 Å². The lowest BCUT2D eigenvalue weighted by molar-refractivity contribution is 0.420. The summed E-state index contributed by atoms with van der Waals surface area (Å²) in [5.41, 5.74) is 7.90. The molecule has 150 valence electrons. The van der Waals surface area contributed by atoms with Crippen LogP contribution in [0.4, 0.5) is 0 Å². The van der Waals surface area contributed by atoms with E-state index in [0.29, 0.717) is 5.92 Å². The van der Waals surface area contributed by atoms with Gasteiger partial charge in [0.2, 0.25) is 0 Å². The van der Waals surface area contributed by atoms with Gasteiger partial charge in [0.25, 0.3) is 0 Å². The van der Waals surface area contributed by atoms with Gasteiger partial charge in [0.05, 0.1) is 5.70 Å². The fourth-order valence-corrected chi connectivity index (χ4v) is 4.29. The van der Waals surface area contributed by atoms with Crippen LogP contribution in [-0.4, -0.2) is 30.0 Å². The van der Waals surface area contributed by atoms with Gasteiger partial charge in [-0.25, -0.2) is 4.99 Å². The Morgan fingerprint density at radius 3 is 2.72 bits per heavy atom. The van der Waals surface area contributed by atoms with Crippen LogP contribution in [0, 0.1) is 18.3 Å². The van der Waals surface area contributed by atoms with Crippen molar-refractivity contribution in [1.82, 2.24) is 10.2 Å². The van der Waals surface area contributed by atoms with Crippen LogP contribution in [0.25, 0.3) is 5.70 Å². The minimum atomic E-state index is 0.619. The van der Waals surface area contributed by atoms with Crippen molar-refractivity contribution in [2.45, 2.75) is 40.0 Å². The Morgan fingerprint density at radius 1 is 1.21 bits per heavy atom. The lowest BCUT2D eigenvalue weighted by Crippen LogP contribution is -2.34. The summed E-state index contributed by atoms with van der Waals surface area (Å²) in [4.78, 5) is 7.30. The molecule has 1 saturated heterocycles. The van der Waals surface area contributed by atoms with Gasteiger partial charge in [0, 0.05) is 23.7 Å². The number of amidine groups is 1. The minimum Gasteiger partial charge on any atom is -0.317 e. The van der Waals surface area contributed by atoms with E-state index >= 15 is 0 Å². The van der Waals surface area contributed by atoms with E-state index in [1.54, 1.807) is 0 Å². The molecule has 0 radical (unpaired) electrons. The highest BCUT2D eigenvalue weighted by Crippen LogP contribution is 2.34. The maximum absolute atomic E-state index is 7.68. The molecule has 0 aliphatic carbocycles. The van der Waals surface area contributed by atoms with Crippen molar-refractivity contribution in [1.29, 1.82) is 5.41 Å². The maximum atomic E-state index is 7.68. The van der Waals surface area contributed by atoms with Crippen molar-refractivity contribution >= 4 is 17.7 Å². The standard InChI is InChI=1S/C25H30N4/c1-4-5-23-14-24(20-7-6-17(2)21(13-20)15-26)28-25-18(3)12-22(16-29(23)25)19-8-10-27-11-9-19/h5-7,12-16,19,26-27H,4,8-11H2,1-3H3/b23-5-,26-15?. The Bertz CT molecular complexity index is 969. The number of aliphatic imine (C=N–C) groups is 1. The number of rotatable bonds is 4. The Hall–Kier alpha value is -2.72. The number of hydrogen-bond donors (Lipinski definition) is 2. The Labute approximate surface area is 173 Å². The first-order valence-electron chi connectivity index (χ1n) is 10.6. The smallest absolute Gasteiger partial charge is 0.140 e. The second-order valence-corrected chi connectivity index (χ2v) is 8.07. The second-order valence-electron chi connectivity index (χ2n) is 8.07. The molecule has 0 atom stereocenters. The summed E-state index contributed by atoms with van der Waals surface area (Å²) in [7, 11) is 0. The van der Waals surface area contributed by atoms with Crippen molar-refractivity contribution in [2.75, 3.05) is 13.1 Å². The van der Waals surface area contributed by atoms with Gasteiger partial charge in [0.15, 0.2) is 0 Å². The normalized spacial score (nSPS) is 21.2. The summed E-state index contributed by atoms with van der Waals surface area (Å²) >= 11 is 0. The molecule has 0 saturated carbocycles. The zero-order valence-electron chi connectivity index (χ0n) is 17.6. The first-order valence-corrected chi connectivity index (χ1v) is 10.6. The monoisotopic (exact) mass is 386 g/mol. The summed E-state index contributed by atoms with van der Waals surface area (Å²) in [5, 5.41) is 11.1. The van der Waals surface area contributed by atoms with E-state index in [9.17, 15) is 0 Å². The third kappa shape index (κ3) is 3.90. The van der Waals surface area contributed by atoms with E-state index in [0.717, 1.165) is 47.7 Å². The fourth-order valence-electron chi connectivity index (χ4n) is 4.29. The van der Waals surface area contributed by atoms with E-state index in [4.69, 9.17) is 10.4 Å². The highest BCUT2D eigenvalue weighted by molar-refractivity contribution is 6.06. The number of aryl methyl sites for hydroxylation is 1. The average Bonchev–Trinajstić information content (AvgIpc) is 2.75. The summed E-state index contributed by atoms with van der Waals surface area (Å²) in [6.45, 7) is 8.58. The molecule has 29 heavy (non-hydrogen) atoms. The number of hydrogen-bond acceptors (Lipinski definition) is 4. The van der Waals surface area contributed by atoms with Gasteiger partial charge in [-0.3, -0.25) is 0 Å². The van der Waals surface area contributed by atoms with Crippen molar-refractivity contribution in [3.63, 3.8) is 0 Å². The molecule has 0 unspecified atom stereocenters. The molecular weight excluding hydrogens is 356 g/mol. The van der Waals surface area contributed by atoms with Crippen LogP contribution in [0.15, 0.2) is 64.5 Å². The highest BCUT2D eigenvalue weighted by Gasteiger charge is 2.27. The molecule has 3 aliphatic rings. The fraction of sp³-hybridized carbons (Fsp3) is 0.360. The molecule has 1 aromatic carbocycles. The molecule has 3 heterocycles. The van der Waals surface area contributed by atoms with Gasteiger partial charge in [0.1, 0.15) is 5.84 Å². The molecule has 0 aromatic heterocycles. The number of nitrogens with zero attached hydrogens (tertiary/aromatic N) is 2. The Kier molecular flexibility index (Phi) is 5.63. The predicted octanol–water partition coefficient (Wildman–Crippen LogP) is 5.18. The maximum Gasteiger partial charge on any atom is 0.140 e. The van der Waals surface area contributed by atoms with Gasteiger partial charge in [-0.1, -0.05) is 31.2 Å². The molecule has 3 aliphatic heterocycles. The Morgan fingerprint density at radius 2 is 2.00 bits per heavy atom. The average molecular weight is 387 g/mol. The lowest BCUT2D eigenvalue weighted by atomic mass is 9.87. The number of nitrogens with one attached hydrogen (secondary N) is 2. The first-order chi connectivity index (χ1) is 14.1. The molecule has 1 aromatic rings. The summed E-state index contributed by atoms with van der Waals surface area (Å²) in [6, 6.07) is 6.25. The molecule has 4 rings (SSSR count). The van der Waals surface area contributed by atoms with E-state index in [1.807, 2.05) is 6.92 Å². The largest absolute Gasteiger partial charge is 0.317 e. The van der Waals surface area contributed by atoms with Crippen molar-refractivity contribution in [2.24, 2.45) is 10.9 Å². The molecule has 4 nitrogen and oxygen atoms in total. The third-order valence-corrected chi connectivity index (χ3v) is 5.99. The molecule has 0 spiro atoms. The Balaban J connectivity index is 1.74. The number of allylic oxidation sites excluding steroid dienone is 4. The van der Waals surface area contributed by atoms with Crippen LogP contribution >= 0.6 is 0 Å². The van der Waals surface area contributed by atoms with Crippen LogP contribution in [0.1, 0.15) is 49.8 Å². The topological polar surface area (TPSA) is 51.5 Å². The van der Waals surface area contributed by atoms with Crippen LogP contribution in [-0.2, 0) is 0 Å². The molecule has 0 bridgehead atoms. The summed E-state index contributed by atoms with van der Waals surface area (Å²) in [6.07, 6.45) is 13.9. The molecule has 1 fully saturated rings. The summed E-state index contributed by atoms with van der Waals surface area (Å²) < 4.78 is 0. The van der Waals surface area contributed by atoms with E-state index in [-0.39, 0.29) is 0 Å². The zero-order chi connectivity index (χ0) is 20.4. The molecule has 2 N–H and O–H groups in total. The van der Waals surface area contributed by atoms with Crippen LogP contribution < -0.4 is 5.32 Å². The van der Waals surface area contributed by atoms with Crippen molar-refractivity contribution in [3.8, 4) is 0 Å². The number of fused-ring (bicyclic) bond motifs is 1. The molecule has 4 heteroatoms.